The van der Waals surface area contributed by atoms with Gasteiger partial charge in [-0.15, -0.1) is 0 Å². The maximum absolute atomic E-state index is 12.0. The summed E-state index contributed by atoms with van der Waals surface area (Å²) in [4.78, 5) is 12.0. The lowest BCUT2D eigenvalue weighted by molar-refractivity contribution is -0.156. The van der Waals surface area contributed by atoms with Crippen LogP contribution in [0.15, 0.2) is 18.2 Å². The molecule has 0 spiro atoms. The predicted molar refractivity (Wildman–Crippen MR) is 79.3 cm³/mol. The van der Waals surface area contributed by atoms with Gasteiger partial charge in [-0.2, -0.15) is 0 Å². The lowest BCUT2D eigenvalue weighted by Gasteiger charge is -2.31. The molecule has 2 unspecified atom stereocenters. The summed E-state index contributed by atoms with van der Waals surface area (Å²) in [5.74, 6) is -0.871. The van der Waals surface area contributed by atoms with Crippen LogP contribution in [0.1, 0.15) is 38.7 Å². The number of benzene rings is 1. The molecule has 0 radical (unpaired) electrons. The minimum Gasteiger partial charge on any atom is -0.504 e. The number of esters is 1. The molecule has 5 nitrogen and oxygen atoms in total. The number of rotatable bonds is 7. The van der Waals surface area contributed by atoms with E-state index in [2.05, 4.69) is 0 Å². The largest absolute Gasteiger partial charge is 0.504 e. The SMILES string of the molecule is CCCCC(C(=O)OC)C(C)(O)c1ccc(O)c(OC)c1. The lowest BCUT2D eigenvalue weighted by atomic mass is 9.80. The van der Waals surface area contributed by atoms with Crippen molar-refractivity contribution >= 4 is 5.97 Å². The highest BCUT2D eigenvalue weighted by Crippen LogP contribution is 2.37. The van der Waals surface area contributed by atoms with Gasteiger partial charge in [-0.1, -0.05) is 25.8 Å². The summed E-state index contributed by atoms with van der Waals surface area (Å²) in [7, 11) is 2.75. The van der Waals surface area contributed by atoms with Crippen LogP contribution in [0.25, 0.3) is 0 Å². The maximum atomic E-state index is 12.0. The summed E-state index contributed by atoms with van der Waals surface area (Å²) in [5.41, 5.74) is -0.896. The Kier molecular flexibility index (Phi) is 6.03. The zero-order valence-electron chi connectivity index (χ0n) is 13.0. The second-order valence-electron chi connectivity index (χ2n) is 5.25. The molecule has 5 heteroatoms. The smallest absolute Gasteiger partial charge is 0.311 e. The number of aliphatic hydroxyl groups is 1. The third-order valence-corrected chi connectivity index (χ3v) is 3.77. The van der Waals surface area contributed by atoms with Crippen LogP contribution in [-0.4, -0.2) is 30.4 Å². The molecule has 118 valence electrons. The topological polar surface area (TPSA) is 76.0 Å². The number of carbonyl (C=O) groups excluding carboxylic acids is 1. The van der Waals surface area contributed by atoms with Crippen molar-refractivity contribution < 1.29 is 24.5 Å². The van der Waals surface area contributed by atoms with Crippen molar-refractivity contribution in [2.45, 2.75) is 38.7 Å². The Morgan fingerprint density at radius 1 is 1.38 bits per heavy atom. The zero-order valence-corrected chi connectivity index (χ0v) is 13.0. The highest BCUT2D eigenvalue weighted by Gasteiger charge is 2.39. The number of methoxy groups -OCH3 is 2. The molecule has 0 aliphatic rings. The molecule has 21 heavy (non-hydrogen) atoms. The highest BCUT2D eigenvalue weighted by atomic mass is 16.5. The van der Waals surface area contributed by atoms with Crippen LogP contribution in [0.2, 0.25) is 0 Å². The minimum atomic E-state index is -1.40. The molecule has 0 aliphatic carbocycles. The van der Waals surface area contributed by atoms with Gasteiger partial charge in [-0.25, -0.2) is 0 Å². The molecule has 1 rings (SSSR count). The number of hydrogen-bond acceptors (Lipinski definition) is 5. The first kappa shape index (κ1) is 17.3. The van der Waals surface area contributed by atoms with Crippen LogP contribution in [-0.2, 0) is 15.1 Å². The number of hydrogen-bond donors (Lipinski definition) is 2. The summed E-state index contributed by atoms with van der Waals surface area (Å²) in [6.45, 7) is 3.60. The van der Waals surface area contributed by atoms with Gasteiger partial charge >= 0.3 is 5.97 Å². The summed E-state index contributed by atoms with van der Waals surface area (Å²) >= 11 is 0. The molecular weight excluding hydrogens is 272 g/mol. The molecule has 0 saturated heterocycles. The lowest BCUT2D eigenvalue weighted by Crippen LogP contribution is -2.38. The number of phenolic OH excluding ortho intramolecular Hbond substituents is 1. The molecule has 1 aromatic rings. The third-order valence-electron chi connectivity index (χ3n) is 3.77. The number of ether oxygens (including phenoxy) is 2. The van der Waals surface area contributed by atoms with Crippen LogP contribution >= 0.6 is 0 Å². The quantitative estimate of drug-likeness (QED) is 0.756. The monoisotopic (exact) mass is 296 g/mol. The van der Waals surface area contributed by atoms with E-state index in [9.17, 15) is 15.0 Å². The average Bonchev–Trinajstić information content (AvgIpc) is 2.47. The molecule has 0 saturated carbocycles. The molecule has 1 aromatic carbocycles. The van der Waals surface area contributed by atoms with E-state index in [0.29, 0.717) is 12.0 Å². The number of carbonyl (C=O) groups is 1. The Morgan fingerprint density at radius 3 is 2.57 bits per heavy atom. The first-order valence-electron chi connectivity index (χ1n) is 7.06. The van der Waals surface area contributed by atoms with Crippen LogP contribution < -0.4 is 4.74 Å². The maximum Gasteiger partial charge on any atom is 0.311 e. The van der Waals surface area contributed by atoms with Gasteiger partial charge in [0.15, 0.2) is 11.5 Å². The van der Waals surface area contributed by atoms with E-state index in [0.717, 1.165) is 12.8 Å². The Labute approximate surface area is 125 Å². The normalized spacial score (nSPS) is 15.1. The van der Waals surface area contributed by atoms with Crippen molar-refractivity contribution in [2.75, 3.05) is 14.2 Å². The predicted octanol–water partition coefficient (Wildman–Crippen LogP) is 2.59. The molecule has 0 aliphatic heterocycles. The zero-order chi connectivity index (χ0) is 16.0. The second kappa shape index (κ2) is 7.31. The van der Waals surface area contributed by atoms with Crippen LogP contribution in [0.5, 0.6) is 11.5 Å². The van der Waals surface area contributed by atoms with Crippen molar-refractivity contribution in [3.8, 4) is 11.5 Å². The molecule has 0 aromatic heterocycles. The summed E-state index contributed by atoms with van der Waals surface area (Å²) in [6, 6.07) is 4.56. The van der Waals surface area contributed by atoms with Crippen molar-refractivity contribution in [1.82, 2.24) is 0 Å². The third kappa shape index (κ3) is 3.88. The van der Waals surface area contributed by atoms with Crippen molar-refractivity contribution in [3.05, 3.63) is 23.8 Å². The van der Waals surface area contributed by atoms with E-state index >= 15 is 0 Å². The molecule has 0 heterocycles. The van der Waals surface area contributed by atoms with Gasteiger partial charge in [-0.3, -0.25) is 4.79 Å². The van der Waals surface area contributed by atoms with E-state index < -0.39 is 17.5 Å². The fourth-order valence-corrected chi connectivity index (χ4v) is 2.37. The van der Waals surface area contributed by atoms with Crippen molar-refractivity contribution in [3.63, 3.8) is 0 Å². The van der Waals surface area contributed by atoms with Gasteiger partial charge < -0.3 is 19.7 Å². The standard InChI is InChI=1S/C16H24O5/c1-5-6-7-12(15(18)21-4)16(2,19)11-8-9-13(17)14(10-11)20-3/h8-10,12,17,19H,5-7H2,1-4H3. The Morgan fingerprint density at radius 2 is 2.05 bits per heavy atom. The van der Waals surface area contributed by atoms with Gasteiger partial charge in [0.25, 0.3) is 0 Å². The molecule has 0 amide bonds. The van der Waals surface area contributed by atoms with Crippen molar-refractivity contribution in [2.24, 2.45) is 5.92 Å². The number of aromatic hydroxyl groups is 1. The minimum absolute atomic E-state index is 0.0137. The van der Waals surface area contributed by atoms with Gasteiger partial charge in [0.05, 0.1) is 20.1 Å². The van der Waals surface area contributed by atoms with Gasteiger partial charge in [-0.05, 0) is 31.0 Å². The number of unbranched alkanes of at least 4 members (excludes halogenated alkanes) is 1. The van der Waals surface area contributed by atoms with Crippen LogP contribution in [0.4, 0.5) is 0 Å². The van der Waals surface area contributed by atoms with E-state index in [-0.39, 0.29) is 11.5 Å². The molecule has 2 N–H and O–H groups in total. The number of phenols is 1. The Balaban J connectivity index is 3.17. The Hall–Kier alpha value is -1.75. The van der Waals surface area contributed by atoms with Crippen molar-refractivity contribution in [1.29, 1.82) is 0 Å². The fourth-order valence-electron chi connectivity index (χ4n) is 2.37. The molecular formula is C16H24O5. The molecule has 0 bridgehead atoms. The summed E-state index contributed by atoms with van der Waals surface area (Å²) < 4.78 is 9.87. The Bertz CT molecular complexity index is 482. The summed E-state index contributed by atoms with van der Waals surface area (Å²) in [5, 5.41) is 20.5. The average molecular weight is 296 g/mol. The molecule has 2 atom stereocenters. The summed E-state index contributed by atoms with van der Waals surface area (Å²) in [6.07, 6.45) is 2.26. The fraction of sp³-hybridized carbons (Fsp3) is 0.562. The van der Waals surface area contributed by atoms with E-state index in [1.807, 2.05) is 6.92 Å². The second-order valence-corrected chi connectivity index (χ2v) is 5.25. The van der Waals surface area contributed by atoms with E-state index in [4.69, 9.17) is 9.47 Å². The van der Waals surface area contributed by atoms with Crippen LogP contribution in [0, 0.1) is 5.92 Å². The van der Waals surface area contributed by atoms with Crippen LogP contribution in [0.3, 0.4) is 0 Å². The highest BCUT2D eigenvalue weighted by molar-refractivity contribution is 5.74. The van der Waals surface area contributed by atoms with Gasteiger partial charge in [0.2, 0.25) is 0 Å². The first-order chi connectivity index (χ1) is 9.88. The van der Waals surface area contributed by atoms with E-state index in [1.54, 1.807) is 13.0 Å². The van der Waals surface area contributed by atoms with Gasteiger partial charge in [0, 0.05) is 0 Å². The van der Waals surface area contributed by atoms with Gasteiger partial charge in [0.1, 0.15) is 5.60 Å². The molecule has 0 fully saturated rings. The van der Waals surface area contributed by atoms with E-state index in [1.165, 1.54) is 26.4 Å². The first-order valence-corrected chi connectivity index (χ1v) is 7.06.